The van der Waals surface area contributed by atoms with Gasteiger partial charge in [-0.1, -0.05) is 44.4 Å². The van der Waals surface area contributed by atoms with Gasteiger partial charge < -0.3 is 10.1 Å². The van der Waals surface area contributed by atoms with E-state index in [2.05, 4.69) is 12.2 Å². The van der Waals surface area contributed by atoms with Crippen molar-refractivity contribution in [2.75, 3.05) is 11.9 Å². The van der Waals surface area contributed by atoms with Crippen LogP contribution in [0.5, 0.6) is 5.75 Å². The van der Waals surface area contributed by atoms with E-state index in [1.165, 1.54) is 19.3 Å². The molecule has 3 nitrogen and oxygen atoms in total. The van der Waals surface area contributed by atoms with Crippen LogP contribution in [0.1, 0.15) is 43.0 Å². The van der Waals surface area contributed by atoms with Crippen molar-refractivity contribution in [2.24, 2.45) is 0 Å². The Kier molecular flexibility index (Phi) is 6.49. The first-order chi connectivity index (χ1) is 10.8. The van der Waals surface area contributed by atoms with Crippen LogP contribution in [0.3, 0.4) is 0 Å². The van der Waals surface area contributed by atoms with Crippen LogP contribution >= 0.6 is 0 Å². The average molecular weight is 297 g/mol. The third-order valence-electron chi connectivity index (χ3n) is 3.41. The summed E-state index contributed by atoms with van der Waals surface area (Å²) in [6.07, 6.45) is 4.78. The number of carbonyl (C=O) groups excluding carboxylic acids is 1. The summed E-state index contributed by atoms with van der Waals surface area (Å²) in [6.45, 7) is 2.94. The van der Waals surface area contributed by atoms with Gasteiger partial charge in [-0.05, 0) is 42.8 Å². The molecule has 0 unspecified atom stereocenters. The van der Waals surface area contributed by atoms with Gasteiger partial charge in [-0.25, -0.2) is 0 Å². The smallest absolute Gasteiger partial charge is 0.255 e. The number of benzene rings is 2. The van der Waals surface area contributed by atoms with Crippen LogP contribution in [0.15, 0.2) is 54.6 Å². The standard InChI is InChI=1S/C19H23NO2/c1-2-3-4-8-15-22-18-13-11-17(12-14-18)20-19(21)16-9-6-5-7-10-16/h5-7,9-14H,2-4,8,15H2,1H3,(H,20,21). The Hall–Kier alpha value is -2.29. The van der Waals surface area contributed by atoms with Crippen LogP contribution in [0.2, 0.25) is 0 Å². The highest BCUT2D eigenvalue weighted by molar-refractivity contribution is 6.04. The number of amides is 1. The zero-order valence-electron chi connectivity index (χ0n) is 13.0. The fourth-order valence-electron chi connectivity index (χ4n) is 2.15. The largest absolute Gasteiger partial charge is 0.494 e. The highest BCUT2D eigenvalue weighted by Crippen LogP contribution is 2.17. The number of hydrogen-bond acceptors (Lipinski definition) is 2. The summed E-state index contributed by atoms with van der Waals surface area (Å²) < 4.78 is 5.68. The molecule has 116 valence electrons. The van der Waals surface area contributed by atoms with E-state index in [0.717, 1.165) is 24.5 Å². The van der Waals surface area contributed by atoms with Crippen LogP contribution < -0.4 is 10.1 Å². The quantitative estimate of drug-likeness (QED) is 0.704. The number of hydrogen-bond donors (Lipinski definition) is 1. The maximum Gasteiger partial charge on any atom is 0.255 e. The second-order valence-corrected chi connectivity index (χ2v) is 5.25. The molecule has 0 aliphatic carbocycles. The monoisotopic (exact) mass is 297 g/mol. The lowest BCUT2D eigenvalue weighted by Crippen LogP contribution is -2.11. The van der Waals surface area contributed by atoms with Gasteiger partial charge in [0.2, 0.25) is 0 Å². The molecule has 0 aromatic heterocycles. The SMILES string of the molecule is CCCCCCOc1ccc(NC(=O)c2ccccc2)cc1. The first kappa shape index (κ1) is 16.1. The molecule has 0 aliphatic heterocycles. The highest BCUT2D eigenvalue weighted by Gasteiger charge is 2.04. The predicted octanol–water partition coefficient (Wildman–Crippen LogP) is 4.90. The number of anilines is 1. The number of unbranched alkanes of at least 4 members (excludes halogenated alkanes) is 3. The van der Waals surface area contributed by atoms with Gasteiger partial charge in [0.25, 0.3) is 5.91 Å². The van der Waals surface area contributed by atoms with E-state index < -0.39 is 0 Å². The lowest BCUT2D eigenvalue weighted by atomic mass is 10.2. The molecule has 2 rings (SSSR count). The van der Waals surface area contributed by atoms with Crippen LogP contribution in [0.4, 0.5) is 5.69 Å². The molecule has 2 aromatic carbocycles. The summed E-state index contributed by atoms with van der Waals surface area (Å²) in [6, 6.07) is 16.7. The van der Waals surface area contributed by atoms with Gasteiger partial charge in [0.1, 0.15) is 5.75 Å². The van der Waals surface area contributed by atoms with Gasteiger partial charge in [-0.15, -0.1) is 0 Å². The van der Waals surface area contributed by atoms with Crippen molar-refractivity contribution >= 4 is 11.6 Å². The molecular weight excluding hydrogens is 274 g/mol. The average Bonchev–Trinajstić information content (AvgIpc) is 2.57. The van der Waals surface area contributed by atoms with Gasteiger partial charge in [-0.3, -0.25) is 4.79 Å². The van der Waals surface area contributed by atoms with E-state index in [9.17, 15) is 4.79 Å². The Morgan fingerprint density at radius 2 is 1.68 bits per heavy atom. The molecule has 1 amide bonds. The fraction of sp³-hybridized carbons (Fsp3) is 0.316. The highest BCUT2D eigenvalue weighted by atomic mass is 16.5. The van der Waals surface area contributed by atoms with E-state index in [0.29, 0.717) is 5.56 Å². The minimum Gasteiger partial charge on any atom is -0.494 e. The van der Waals surface area contributed by atoms with E-state index in [1.807, 2.05) is 42.5 Å². The molecule has 0 saturated carbocycles. The van der Waals surface area contributed by atoms with Crippen molar-refractivity contribution in [3.8, 4) is 5.75 Å². The molecule has 0 bridgehead atoms. The molecule has 0 spiro atoms. The van der Waals surface area contributed by atoms with Crippen LogP contribution in [0.25, 0.3) is 0 Å². The molecular formula is C19H23NO2. The molecule has 0 aliphatic rings. The molecule has 2 aromatic rings. The Labute approximate surface area is 132 Å². The van der Waals surface area contributed by atoms with Gasteiger partial charge in [0.05, 0.1) is 6.61 Å². The van der Waals surface area contributed by atoms with Crippen molar-refractivity contribution in [3.63, 3.8) is 0 Å². The minimum absolute atomic E-state index is 0.103. The Bertz CT molecular complexity index is 564. The summed E-state index contributed by atoms with van der Waals surface area (Å²) in [7, 11) is 0. The lowest BCUT2D eigenvalue weighted by molar-refractivity contribution is 0.102. The van der Waals surface area contributed by atoms with Crippen molar-refractivity contribution < 1.29 is 9.53 Å². The van der Waals surface area contributed by atoms with E-state index in [1.54, 1.807) is 12.1 Å². The third-order valence-corrected chi connectivity index (χ3v) is 3.41. The van der Waals surface area contributed by atoms with Gasteiger partial charge >= 0.3 is 0 Å². The van der Waals surface area contributed by atoms with Crippen molar-refractivity contribution in [1.82, 2.24) is 0 Å². The summed E-state index contributed by atoms with van der Waals surface area (Å²) in [5, 5.41) is 2.87. The third kappa shape index (κ3) is 5.24. The Morgan fingerprint density at radius 3 is 2.36 bits per heavy atom. The second-order valence-electron chi connectivity index (χ2n) is 5.25. The maximum atomic E-state index is 12.0. The van der Waals surface area contributed by atoms with Crippen LogP contribution in [-0.2, 0) is 0 Å². The molecule has 0 fully saturated rings. The lowest BCUT2D eigenvalue weighted by Gasteiger charge is -2.08. The van der Waals surface area contributed by atoms with Crippen LogP contribution in [-0.4, -0.2) is 12.5 Å². The van der Waals surface area contributed by atoms with Gasteiger partial charge in [0, 0.05) is 11.3 Å². The van der Waals surface area contributed by atoms with Crippen molar-refractivity contribution in [1.29, 1.82) is 0 Å². The van der Waals surface area contributed by atoms with Crippen LogP contribution in [0, 0.1) is 0 Å². The second kappa shape index (κ2) is 8.88. The Balaban J connectivity index is 1.80. The summed E-state index contributed by atoms with van der Waals surface area (Å²) in [5.41, 5.74) is 1.42. The molecule has 0 radical (unpaired) electrons. The predicted molar refractivity (Wildman–Crippen MR) is 90.5 cm³/mol. The van der Waals surface area contributed by atoms with E-state index in [-0.39, 0.29) is 5.91 Å². The zero-order valence-corrected chi connectivity index (χ0v) is 13.0. The number of ether oxygens (including phenoxy) is 1. The molecule has 1 N–H and O–H groups in total. The topological polar surface area (TPSA) is 38.3 Å². The van der Waals surface area contributed by atoms with E-state index >= 15 is 0 Å². The molecule has 0 heterocycles. The summed E-state index contributed by atoms with van der Waals surface area (Å²) in [4.78, 5) is 12.0. The normalized spacial score (nSPS) is 10.2. The Morgan fingerprint density at radius 1 is 0.955 bits per heavy atom. The molecule has 0 atom stereocenters. The van der Waals surface area contributed by atoms with Gasteiger partial charge in [0.15, 0.2) is 0 Å². The number of nitrogens with one attached hydrogen (secondary N) is 1. The first-order valence-corrected chi connectivity index (χ1v) is 7.89. The maximum absolute atomic E-state index is 12.0. The fourth-order valence-corrected chi connectivity index (χ4v) is 2.15. The molecule has 3 heteroatoms. The van der Waals surface area contributed by atoms with Crippen molar-refractivity contribution in [3.05, 3.63) is 60.2 Å². The molecule has 0 saturated heterocycles. The first-order valence-electron chi connectivity index (χ1n) is 7.89. The number of carbonyl (C=O) groups is 1. The summed E-state index contributed by atoms with van der Waals surface area (Å²) >= 11 is 0. The summed E-state index contributed by atoms with van der Waals surface area (Å²) in [5.74, 6) is 0.739. The van der Waals surface area contributed by atoms with Crippen molar-refractivity contribution in [2.45, 2.75) is 32.6 Å². The zero-order chi connectivity index (χ0) is 15.6. The van der Waals surface area contributed by atoms with E-state index in [4.69, 9.17) is 4.74 Å². The minimum atomic E-state index is -0.103. The molecule has 22 heavy (non-hydrogen) atoms. The van der Waals surface area contributed by atoms with Gasteiger partial charge in [-0.2, -0.15) is 0 Å². The number of rotatable bonds is 8.